The molecule has 1 aromatic carbocycles. The second-order valence-corrected chi connectivity index (χ2v) is 10.5. The number of nitrogens with zero attached hydrogens (tertiary/aromatic N) is 2. The van der Waals surface area contributed by atoms with Crippen molar-refractivity contribution in [3.63, 3.8) is 0 Å². The third-order valence-electron chi connectivity index (χ3n) is 5.53. The number of carbonyl (C=O) groups is 1. The maximum atomic E-state index is 13.2. The van der Waals surface area contributed by atoms with Crippen molar-refractivity contribution < 1.29 is 44.3 Å². The largest absolute Gasteiger partial charge is 0.449 e. The average Bonchev–Trinajstić information content (AvgIpc) is 2.73. The van der Waals surface area contributed by atoms with Crippen molar-refractivity contribution >= 4 is 21.7 Å². The Bertz CT molecular complexity index is 1140. The number of carbonyl (C=O) groups excluding carboxylic acids is 1. The van der Waals surface area contributed by atoms with Gasteiger partial charge in [0.2, 0.25) is 0 Å². The van der Waals surface area contributed by atoms with E-state index >= 15 is 0 Å². The fourth-order valence-electron chi connectivity index (χ4n) is 3.28. The second kappa shape index (κ2) is 8.19. The summed E-state index contributed by atoms with van der Waals surface area (Å²) >= 11 is 0. The summed E-state index contributed by atoms with van der Waals surface area (Å²) in [7, 11) is -4.36. The zero-order valence-electron chi connectivity index (χ0n) is 17.2. The molecule has 6 nitrogen and oxygen atoms in total. The second-order valence-electron chi connectivity index (χ2n) is 7.92. The Morgan fingerprint density at radius 3 is 2.18 bits per heavy atom. The van der Waals surface area contributed by atoms with Crippen LogP contribution in [0.4, 0.5) is 37.0 Å². The van der Waals surface area contributed by atoms with Gasteiger partial charge in [-0.15, -0.1) is 0 Å². The molecule has 1 aromatic heterocycles. The van der Waals surface area contributed by atoms with Gasteiger partial charge in [-0.25, -0.2) is 18.2 Å². The molecule has 1 amide bonds. The van der Waals surface area contributed by atoms with Gasteiger partial charge in [0.05, 0.1) is 27.4 Å². The summed E-state index contributed by atoms with van der Waals surface area (Å²) in [6.45, 7) is 1.92. The molecule has 0 radical (unpaired) electrons. The van der Waals surface area contributed by atoms with E-state index < -0.39 is 55.0 Å². The molecule has 0 bridgehead atoms. The molecular weight excluding hydrogens is 478 g/mol. The highest BCUT2D eigenvalue weighted by Gasteiger charge is 2.47. The van der Waals surface area contributed by atoms with Gasteiger partial charge in [0.15, 0.2) is 9.84 Å². The van der Waals surface area contributed by atoms with Crippen molar-refractivity contribution in [2.24, 2.45) is 5.92 Å². The Hall–Kier alpha value is -2.83. The molecule has 1 atom stereocenters. The third kappa shape index (κ3) is 4.77. The van der Waals surface area contributed by atoms with Crippen molar-refractivity contribution in [3.8, 4) is 0 Å². The topological polar surface area (TPSA) is 76.6 Å². The first-order valence-electron chi connectivity index (χ1n) is 9.44. The maximum Gasteiger partial charge on any atom is 0.417 e. The van der Waals surface area contributed by atoms with Gasteiger partial charge in [0.25, 0.3) is 0 Å². The minimum atomic E-state index is -4.75. The van der Waals surface area contributed by atoms with Gasteiger partial charge in [0.1, 0.15) is 5.82 Å². The summed E-state index contributed by atoms with van der Waals surface area (Å²) in [6.07, 6.45) is -9.80. The highest BCUT2D eigenvalue weighted by Crippen LogP contribution is 2.38. The lowest BCUT2D eigenvalue weighted by molar-refractivity contribution is -0.138. The number of anilines is 1. The van der Waals surface area contributed by atoms with Gasteiger partial charge in [0, 0.05) is 18.7 Å². The predicted molar refractivity (Wildman–Crippen MR) is 104 cm³/mol. The van der Waals surface area contributed by atoms with Crippen LogP contribution >= 0.6 is 0 Å². The Morgan fingerprint density at radius 2 is 1.64 bits per heavy atom. The number of benzene rings is 1. The van der Waals surface area contributed by atoms with Crippen LogP contribution in [0.2, 0.25) is 0 Å². The number of pyridine rings is 1. The van der Waals surface area contributed by atoms with Crippen LogP contribution in [-0.2, 0) is 26.9 Å². The van der Waals surface area contributed by atoms with Crippen molar-refractivity contribution in [1.29, 1.82) is 0 Å². The molecule has 2 heterocycles. The number of sulfone groups is 1. The number of hydrogen-bond acceptors (Lipinski definition) is 5. The fraction of sp³-hybridized carbons (Fsp3) is 0.400. The maximum absolute atomic E-state index is 13.2. The average molecular weight is 496 g/mol. The molecule has 1 aliphatic heterocycles. The van der Waals surface area contributed by atoms with Gasteiger partial charge < -0.3 is 4.74 Å². The van der Waals surface area contributed by atoms with Crippen LogP contribution in [0, 0.1) is 5.92 Å². The lowest BCUT2D eigenvalue weighted by atomic mass is 9.94. The molecule has 2 aromatic rings. The van der Waals surface area contributed by atoms with Crippen LogP contribution in [0.3, 0.4) is 0 Å². The van der Waals surface area contributed by atoms with E-state index in [1.54, 1.807) is 0 Å². The molecule has 13 heteroatoms. The molecule has 33 heavy (non-hydrogen) atoms. The number of ether oxygens (including phenoxy) is 1. The Kier molecular flexibility index (Phi) is 6.15. The molecule has 1 unspecified atom stereocenters. The molecular formula is C20H18F6N2O4S. The highest BCUT2D eigenvalue weighted by atomic mass is 32.2. The van der Waals surface area contributed by atoms with E-state index in [4.69, 9.17) is 4.74 Å². The molecule has 0 aliphatic carbocycles. The Labute approximate surface area is 185 Å². The molecule has 3 rings (SSSR count). The summed E-state index contributed by atoms with van der Waals surface area (Å²) < 4.78 is 107. The number of rotatable bonds is 4. The van der Waals surface area contributed by atoms with E-state index in [1.807, 2.05) is 0 Å². The summed E-state index contributed by atoms with van der Waals surface area (Å²) in [5.41, 5.74) is -2.18. The van der Waals surface area contributed by atoms with Crippen molar-refractivity contribution in [2.45, 2.75) is 35.8 Å². The van der Waals surface area contributed by atoms with Crippen molar-refractivity contribution in [3.05, 3.63) is 53.7 Å². The van der Waals surface area contributed by atoms with Crippen molar-refractivity contribution in [1.82, 2.24) is 4.98 Å². The Balaban J connectivity index is 1.91. The number of halogens is 6. The van der Waals surface area contributed by atoms with Crippen LogP contribution in [0.5, 0.6) is 0 Å². The third-order valence-corrected chi connectivity index (χ3v) is 8.12. The highest BCUT2D eigenvalue weighted by molar-refractivity contribution is 7.92. The van der Waals surface area contributed by atoms with Gasteiger partial charge in [-0.2, -0.15) is 26.3 Å². The first-order chi connectivity index (χ1) is 15.0. The quantitative estimate of drug-likeness (QED) is 0.561. The van der Waals surface area contributed by atoms with Crippen LogP contribution < -0.4 is 4.90 Å². The SMILES string of the molecule is CC(C)(C1COC(=O)N(c2ccc(C(F)(F)F)cn2)C1)S(=O)(=O)c1cccc(C(F)(F)F)c1. The van der Waals surface area contributed by atoms with E-state index in [1.165, 1.54) is 13.8 Å². The number of aromatic nitrogens is 1. The number of amides is 1. The standard InChI is InChI=1S/C20H18F6N2O4S/c1-18(2,33(30,31)15-5-3-4-12(8-15)19(21,22)23)14-10-28(17(29)32-11-14)16-7-6-13(9-27-16)20(24,25)26/h3-9,14H,10-11H2,1-2H3. The summed E-state index contributed by atoms with van der Waals surface area (Å²) in [5, 5.41) is 0. The van der Waals surface area contributed by atoms with E-state index in [0.717, 1.165) is 29.2 Å². The fourth-order valence-corrected chi connectivity index (χ4v) is 5.01. The minimum absolute atomic E-state index is 0.190. The summed E-state index contributed by atoms with van der Waals surface area (Å²) in [5.74, 6) is -1.12. The molecule has 0 spiro atoms. The summed E-state index contributed by atoms with van der Waals surface area (Å²) in [6, 6.07) is 4.94. The van der Waals surface area contributed by atoms with E-state index in [-0.39, 0.29) is 19.0 Å². The monoisotopic (exact) mass is 496 g/mol. The molecule has 1 aliphatic rings. The van der Waals surface area contributed by atoms with Gasteiger partial charge in [-0.1, -0.05) is 6.07 Å². The van der Waals surface area contributed by atoms with Crippen LogP contribution in [0.25, 0.3) is 0 Å². The lowest BCUT2D eigenvalue weighted by Crippen LogP contribution is -2.53. The first kappa shape index (κ1) is 24.8. The normalized spacial score (nSPS) is 18.2. The summed E-state index contributed by atoms with van der Waals surface area (Å²) in [4.78, 5) is 16.1. The zero-order valence-corrected chi connectivity index (χ0v) is 18.1. The van der Waals surface area contributed by atoms with Gasteiger partial charge in [-0.05, 0) is 44.2 Å². The van der Waals surface area contributed by atoms with E-state index in [0.29, 0.717) is 18.3 Å². The van der Waals surface area contributed by atoms with Gasteiger partial charge in [-0.3, -0.25) is 4.90 Å². The van der Waals surface area contributed by atoms with Crippen LogP contribution in [0.1, 0.15) is 25.0 Å². The molecule has 1 saturated heterocycles. The van der Waals surface area contributed by atoms with Crippen LogP contribution in [-0.4, -0.2) is 37.4 Å². The number of cyclic esters (lactones) is 1. The smallest absolute Gasteiger partial charge is 0.417 e. The van der Waals surface area contributed by atoms with Gasteiger partial charge >= 0.3 is 18.4 Å². The van der Waals surface area contributed by atoms with E-state index in [2.05, 4.69) is 4.98 Å². The molecule has 1 fully saturated rings. The predicted octanol–water partition coefficient (Wildman–Crippen LogP) is 4.94. The number of hydrogen-bond donors (Lipinski definition) is 0. The zero-order chi connectivity index (χ0) is 24.8. The number of alkyl halides is 6. The van der Waals surface area contributed by atoms with E-state index in [9.17, 15) is 39.6 Å². The molecule has 0 saturated carbocycles. The van der Waals surface area contributed by atoms with Crippen molar-refractivity contribution in [2.75, 3.05) is 18.1 Å². The Morgan fingerprint density at radius 1 is 1.00 bits per heavy atom. The first-order valence-corrected chi connectivity index (χ1v) is 10.9. The molecule has 0 N–H and O–H groups in total. The minimum Gasteiger partial charge on any atom is -0.449 e. The lowest BCUT2D eigenvalue weighted by Gasteiger charge is -2.39. The molecule has 180 valence electrons. The van der Waals surface area contributed by atoms with Crippen LogP contribution in [0.15, 0.2) is 47.5 Å².